The molecule has 0 aliphatic carbocycles. The minimum atomic E-state index is -4.48. The van der Waals surface area contributed by atoms with Crippen LogP contribution in [0.4, 0.5) is 18.0 Å². The molecule has 0 aromatic carbocycles. The smallest absolute Gasteiger partial charge is 0.351 e. The number of urea groups is 1. The summed E-state index contributed by atoms with van der Waals surface area (Å²) in [6, 6.07) is -1.83. The Balaban J connectivity index is 2.50. The van der Waals surface area contributed by atoms with Crippen LogP contribution in [-0.4, -0.2) is 54.6 Å². The molecule has 1 aliphatic heterocycles. The SMILES string of the molecule is NC(=O)NC(=O)CN1CCC[C@@H]1C(=O)NCC(F)(F)F. The van der Waals surface area contributed by atoms with Gasteiger partial charge in [0.2, 0.25) is 11.8 Å². The van der Waals surface area contributed by atoms with E-state index in [1.807, 2.05) is 5.32 Å². The van der Waals surface area contributed by atoms with Crippen LogP contribution in [0.2, 0.25) is 0 Å². The van der Waals surface area contributed by atoms with Crippen LogP contribution in [0.15, 0.2) is 0 Å². The first-order valence-electron chi connectivity index (χ1n) is 5.87. The molecule has 0 unspecified atom stereocenters. The highest BCUT2D eigenvalue weighted by atomic mass is 19.4. The maximum atomic E-state index is 12.0. The summed E-state index contributed by atoms with van der Waals surface area (Å²) in [5, 5.41) is 3.61. The number of halogens is 3. The summed E-state index contributed by atoms with van der Waals surface area (Å²) in [5.74, 6) is -1.49. The fourth-order valence-corrected chi connectivity index (χ4v) is 1.98. The quantitative estimate of drug-likeness (QED) is 0.639. The van der Waals surface area contributed by atoms with Crippen LogP contribution in [-0.2, 0) is 9.59 Å². The summed E-state index contributed by atoms with van der Waals surface area (Å²) in [5.41, 5.74) is 4.76. The van der Waals surface area contributed by atoms with Gasteiger partial charge in [-0.25, -0.2) is 4.79 Å². The average molecular weight is 296 g/mol. The number of likely N-dealkylation sites (tertiary alicyclic amines) is 1. The maximum absolute atomic E-state index is 12.0. The van der Waals surface area contributed by atoms with E-state index in [4.69, 9.17) is 5.73 Å². The van der Waals surface area contributed by atoms with Crippen molar-refractivity contribution in [1.29, 1.82) is 0 Å². The van der Waals surface area contributed by atoms with Gasteiger partial charge in [0.1, 0.15) is 6.54 Å². The minimum Gasteiger partial charge on any atom is -0.351 e. The van der Waals surface area contributed by atoms with Gasteiger partial charge in [0.25, 0.3) is 0 Å². The Kier molecular flexibility index (Phi) is 5.31. The zero-order valence-corrected chi connectivity index (χ0v) is 10.5. The van der Waals surface area contributed by atoms with Crippen LogP contribution in [0.1, 0.15) is 12.8 Å². The van der Waals surface area contributed by atoms with Gasteiger partial charge in [0, 0.05) is 0 Å². The maximum Gasteiger partial charge on any atom is 0.405 e. The molecule has 4 N–H and O–H groups in total. The molecule has 1 atom stereocenters. The molecular formula is C10H15F3N4O3. The van der Waals surface area contributed by atoms with Gasteiger partial charge in [-0.3, -0.25) is 19.8 Å². The fourth-order valence-electron chi connectivity index (χ4n) is 1.98. The van der Waals surface area contributed by atoms with Crippen LogP contribution in [0.3, 0.4) is 0 Å². The molecule has 0 saturated carbocycles. The number of imide groups is 1. The van der Waals surface area contributed by atoms with Crippen molar-refractivity contribution in [3.8, 4) is 0 Å². The van der Waals surface area contributed by atoms with Gasteiger partial charge in [-0.1, -0.05) is 0 Å². The standard InChI is InChI=1S/C10H15F3N4O3/c11-10(12,13)5-15-8(19)6-2-1-3-17(6)4-7(18)16-9(14)20/h6H,1-5H2,(H,15,19)(H3,14,16,18,20)/t6-/m1/s1. The van der Waals surface area contributed by atoms with Gasteiger partial charge in [-0.2, -0.15) is 13.2 Å². The molecule has 10 heteroatoms. The summed E-state index contributed by atoms with van der Waals surface area (Å²) in [7, 11) is 0. The molecule has 0 radical (unpaired) electrons. The number of rotatable bonds is 4. The normalized spacial score (nSPS) is 19.6. The van der Waals surface area contributed by atoms with E-state index >= 15 is 0 Å². The molecule has 1 saturated heterocycles. The highest BCUT2D eigenvalue weighted by Crippen LogP contribution is 2.18. The molecule has 0 aromatic heterocycles. The number of hydrogen-bond acceptors (Lipinski definition) is 4. The van der Waals surface area contributed by atoms with Gasteiger partial charge < -0.3 is 11.1 Å². The van der Waals surface area contributed by atoms with Crippen molar-refractivity contribution in [3.05, 3.63) is 0 Å². The van der Waals surface area contributed by atoms with Gasteiger partial charge in [0.15, 0.2) is 0 Å². The Morgan fingerprint density at radius 3 is 2.50 bits per heavy atom. The third-order valence-electron chi connectivity index (χ3n) is 2.74. The Hall–Kier alpha value is -1.84. The van der Waals surface area contributed by atoms with Crippen molar-refractivity contribution in [2.75, 3.05) is 19.6 Å². The minimum absolute atomic E-state index is 0.271. The number of hydrogen-bond donors (Lipinski definition) is 3. The van der Waals surface area contributed by atoms with Gasteiger partial charge >= 0.3 is 12.2 Å². The average Bonchev–Trinajstić information content (AvgIpc) is 2.71. The lowest BCUT2D eigenvalue weighted by molar-refractivity contribution is -0.141. The Morgan fingerprint density at radius 2 is 1.95 bits per heavy atom. The Morgan fingerprint density at radius 1 is 1.30 bits per heavy atom. The second-order valence-corrected chi connectivity index (χ2v) is 4.37. The molecule has 1 heterocycles. The van der Waals surface area contributed by atoms with E-state index in [-0.39, 0.29) is 6.54 Å². The lowest BCUT2D eigenvalue weighted by Gasteiger charge is -2.23. The van der Waals surface area contributed by atoms with Crippen molar-refractivity contribution in [2.24, 2.45) is 5.73 Å². The number of alkyl halides is 3. The van der Waals surface area contributed by atoms with Crippen molar-refractivity contribution >= 4 is 17.8 Å². The van der Waals surface area contributed by atoms with Crippen molar-refractivity contribution in [3.63, 3.8) is 0 Å². The van der Waals surface area contributed by atoms with E-state index in [1.165, 1.54) is 4.90 Å². The van der Waals surface area contributed by atoms with E-state index in [0.717, 1.165) is 0 Å². The summed E-state index contributed by atoms with van der Waals surface area (Å²) in [4.78, 5) is 34.8. The van der Waals surface area contributed by atoms with Crippen molar-refractivity contribution in [1.82, 2.24) is 15.5 Å². The van der Waals surface area contributed by atoms with Crippen molar-refractivity contribution < 1.29 is 27.6 Å². The Bertz CT molecular complexity index is 400. The third kappa shape index (κ3) is 5.43. The highest BCUT2D eigenvalue weighted by Gasteiger charge is 2.34. The molecule has 114 valence electrons. The van der Waals surface area contributed by atoms with E-state index in [0.29, 0.717) is 19.4 Å². The number of amides is 4. The van der Waals surface area contributed by atoms with Crippen LogP contribution in [0.5, 0.6) is 0 Å². The van der Waals surface area contributed by atoms with E-state index in [2.05, 4.69) is 0 Å². The first kappa shape index (κ1) is 16.2. The largest absolute Gasteiger partial charge is 0.405 e. The van der Waals surface area contributed by atoms with Gasteiger partial charge in [-0.15, -0.1) is 0 Å². The molecule has 0 aromatic rings. The number of carbonyl (C=O) groups is 3. The van der Waals surface area contributed by atoms with E-state index in [1.54, 1.807) is 5.32 Å². The molecule has 0 bridgehead atoms. The van der Waals surface area contributed by atoms with E-state index < -0.39 is 36.6 Å². The van der Waals surface area contributed by atoms with Crippen LogP contribution in [0, 0.1) is 0 Å². The monoisotopic (exact) mass is 296 g/mol. The molecule has 1 fully saturated rings. The van der Waals surface area contributed by atoms with Crippen LogP contribution in [0.25, 0.3) is 0 Å². The summed E-state index contributed by atoms with van der Waals surface area (Å²) in [6.45, 7) is -1.30. The molecule has 7 nitrogen and oxygen atoms in total. The molecular weight excluding hydrogens is 281 g/mol. The summed E-state index contributed by atoms with van der Waals surface area (Å²) in [6.07, 6.45) is -3.55. The predicted molar refractivity (Wildman–Crippen MR) is 61.4 cm³/mol. The lowest BCUT2D eigenvalue weighted by atomic mass is 10.2. The zero-order chi connectivity index (χ0) is 15.3. The fraction of sp³-hybridized carbons (Fsp3) is 0.700. The van der Waals surface area contributed by atoms with Gasteiger partial charge in [0.05, 0.1) is 12.6 Å². The van der Waals surface area contributed by atoms with Crippen LogP contribution < -0.4 is 16.4 Å². The number of nitrogens with zero attached hydrogens (tertiary/aromatic N) is 1. The first-order chi connectivity index (χ1) is 9.19. The predicted octanol–water partition coefficient (Wildman–Crippen LogP) is -0.676. The lowest BCUT2D eigenvalue weighted by Crippen LogP contribution is -2.49. The number of carbonyl (C=O) groups excluding carboxylic acids is 3. The molecule has 1 rings (SSSR count). The summed E-state index contributed by atoms with van der Waals surface area (Å²) < 4.78 is 36.0. The second-order valence-electron chi connectivity index (χ2n) is 4.37. The third-order valence-corrected chi connectivity index (χ3v) is 2.74. The molecule has 0 spiro atoms. The van der Waals surface area contributed by atoms with Gasteiger partial charge in [-0.05, 0) is 19.4 Å². The van der Waals surface area contributed by atoms with E-state index in [9.17, 15) is 27.6 Å². The van der Waals surface area contributed by atoms with Crippen LogP contribution >= 0.6 is 0 Å². The first-order valence-corrected chi connectivity index (χ1v) is 5.87. The van der Waals surface area contributed by atoms with Crippen molar-refractivity contribution in [2.45, 2.75) is 25.1 Å². The topological polar surface area (TPSA) is 105 Å². The molecule has 20 heavy (non-hydrogen) atoms. The Labute approximate surface area is 112 Å². The molecule has 1 aliphatic rings. The number of nitrogens with one attached hydrogen (secondary N) is 2. The zero-order valence-electron chi connectivity index (χ0n) is 10.5. The highest BCUT2D eigenvalue weighted by molar-refractivity contribution is 5.94. The molecule has 4 amide bonds. The second kappa shape index (κ2) is 6.55. The number of primary amides is 1. The summed E-state index contributed by atoms with van der Waals surface area (Å²) >= 11 is 0. The number of nitrogens with two attached hydrogens (primary N) is 1.